The standard InChI is InChI=1S/C20H18ClFN4O/c21-17-4-2-1-3-15(17)13-25-19(27)18-10-12-24-20(26-18)23-11-9-14-5-7-16(22)8-6-14/h1-8,10,12H,9,11,13H2,(H,25,27)(H,23,24,26). The minimum absolute atomic E-state index is 0.259. The second-order valence-corrected chi connectivity index (χ2v) is 6.25. The van der Waals surface area contributed by atoms with Gasteiger partial charge in [0.05, 0.1) is 0 Å². The summed E-state index contributed by atoms with van der Waals surface area (Å²) in [5.74, 6) is -0.202. The molecule has 0 spiro atoms. The minimum atomic E-state index is -0.307. The van der Waals surface area contributed by atoms with Gasteiger partial charge in [-0.15, -0.1) is 0 Å². The van der Waals surface area contributed by atoms with Crippen LogP contribution in [0.3, 0.4) is 0 Å². The van der Waals surface area contributed by atoms with Crippen LogP contribution in [0.1, 0.15) is 21.6 Å². The van der Waals surface area contributed by atoms with E-state index < -0.39 is 0 Å². The van der Waals surface area contributed by atoms with Crippen LogP contribution in [0.15, 0.2) is 60.8 Å². The molecule has 0 aliphatic rings. The lowest BCUT2D eigenvalue weighted by Crippen LogP contribution is -2.24. The molecule has 0 bridgehead atoms. The van der Waals surface area contributed by atoms with Crippen molar-refractivity contribution in [1.29, 1.82) is 0 Å². The van der Waals surface area contributed by atoms with Crippen molar-refractivity contribution in [2.24, 2.45) is 0 Å². The molecule has 0 atom stereocenters. The van der Waals surface area contributed by atoms with Crippen LogP contribution in [-0.4, -0.2) is 22.4 Å². The Balaban J connectivity index is 1.53. The first-order valence-corrected chi connectivity index (χ1v) is 8.82. The van der Waals surface area contributed by atoms with Gasteiger partial charge in [0.1, 0.15) is 11.5 Å². The van der Waals surface area contributed by atoms with Crippen molar-refractivity contribution in [1.82, 2.24) is 15.3 Å². The summed E-state index contributed by atoms with van der Waals surface area (Å²) in [5.41, 5.74) is 2.10. The predicted molar refractivity (Wildman–Crippen MR) is 103 cm³/mol. The van der Waals surface area contributed by atoms with Gasteiger partial charge in [-0.25, -0.2) is 14.4 Å². The molecule has 1 amide bonds. The summed E-state index contributed by atoms with van der Waals surface area (Å²) in [6.07, 6.45) is 2.21. The van der Waals surface area contributed by atoms with Gasteiger partial charge < -0.3 is 10.6 Å². The first-order valence-electron chi connectivity index (χ1n) is 8.45. The summed E-state index contributed by atoms with van der Waals surface area (Å²) in [7, 11) is 0. The van der Waals surface area contributed by atoms with E-state index in [2.05, 4.69) is 20.6 Å². The quantitative estimate of drug-likeness (QED) is 0.649. The number of anilines is 1. The normalized spacial score (nSPS) is 10.4. The molecule has 1 aromatic heterocycles. The van der Waals surface area contributed by atoms with Crippen molar-refractivity contribution in [3.63, 3.8) is 0 Å². The average molecular weight is 385 g/mol. The van der Waals surface area contributed by atoms with Crippen molar-refractivity contribution in [2.45, 2.75) is 13.0 Å². The Kier molecular flexibility index (Phi) is 6.33. The van der Waals surface area contributed by atoms with Gasteiger partial charge in [0.2, 0.25) is 5.95 Å². The number of hydrogen-bond donors (Lipinski definition) is 2. The molecule has 2 aromatic carbocycles. The van der Waals surface area contributed by atoms with E-state index >= 15 is 0 Å². The number of benzene rings is 2. The highest BCUT2D eigenvalue weighted by molar-refractivity contribution is 6.31. The van der Waals surface area contributed by atoms with Crippen molar-refractivity contribution in [3.8, 4) is 0 Å². The Hall–Kier alpha value is -2.99. The number of hydrogen-bond acceptors (Lipinski definition) is 4. The van der Waals surface area contributed by atoms with Gasteiger partial charge in [-0.2, -0.15) is 0 Å². The van der Waals surface area contributed by atoms with Crippen molar-refractivity contribution < 1.29 is 9.18 Å². The predicted octanol–water partition coefficient (Wildman–Crippen LogP) is 3.85. The maximum Gasteiger partial charge on any atom is 0.270 e. The number of aromatic nitrogens is 2. The topological polar surface area (TPSA) is 66.9 Å². The molecular weight excluding hydrogens is 367 g/mol. The van der Waals surface area contributed by atoms with Crippen LogP contribution < -0.4 is 10.6 Å². The molecular formula is C20H18ClFN4O. The van der Waals surface area contributed by atoms with E-state index in [-0.39, 0.29) is 17.4 Å². The zero-order valence-corrected chi connectivity index (χ0v) is 15.2. The highest BCUT2D eigenvalue weighted by Crippen LogP contribution is 2.14. The smallest absolute Gasteiger partial charge is 0.270 e. The van der Waals surface area contributed by atoms with Gasteiger partial charge in [0.15, 0.2) is 0 Å². The molecule has 0 radical (unpaired) electrons. The molecule has 1 heterocycles. The van der Waals surface area contributed by atoms with E-state index in [0.29, 0.717) is 30.5 Å². The number of halogens is 2. The summed E-state index contributed by atoms with van der Waals surface area (Å²) < 4.78 is 12.9. The molecule has 2 N–H and O–H groups in total. The lowest BCUT2D eigenvalue weighted by molar-refractivity contribution is 0.0946. The Morgan fingerprint density at radius 2 is 1.85 bits per heavy atom. The number of carbonyl (C=O) groups is 1. The maximum atomic E-state index is 12.9. The molecule has 0 aliphatic heterocycles. The molecule has 0 unspecified atom stereocenters. The van der Waals surface area contributed by atoms with Crippen LogP contribution in [0.5, 0.6) is 0 Å². The monoisotopic (exact) mass is 384 g/mol. The van der Waals surface area contributed by atoms with E-state index in [1.807, 2.05) is 18.2 Å². The van der Waals surface area contributed by atoms with Gasteiger partial charge in [-0.3, -0.25) is 4.79 Å². The first-order chi connectivity index (χ1) is 13.1. The lowest BCUT2D eigenvalue weighted by Gasteiger charge is -2.08. The second kappa shape index (κ2) is 9.09. The number of nitrogens with one attached hydrogen (secondary N) is 2. The van der Waals surface area contributed by atoms with Gasteiger partial charge in [-0.05, 0) is 41.8 Å². The van der Waals surface area contributed by atoms with E-state index in [4.69, 9.17) is 11.6 Å². The highest BCUT2D eigenvalue weighted by Gasteiger charge is 2.09. The third-order valence-electron chi connectivity index (χ3n) is 3.90. The van der Waals surface area contributed by atoms with Crippen LogP contribution in [0, 0.1) is 5.82 Å². The SMILES string of the molecule is O=C(NCc1ccccc1Cl)c1ccnc(NCCc2ccc(F)cc2)n1. The minimum Gasteiger partial charge on any atom is -0.354 e. The largest absolute Gasteiger partial charge is 0.354 e. The second-order valence-electron chi connectivity index (χ2n) is 5.84. The molecule has 3 rings (SSSR count). The van der Waals surface area contributed by atoms with Gasteiger partial charge in [0, 0.05) is 24.3 Å². The molecule has 7 heteroatoms. The summed E-state index contributed by atoms with van der Waals surface area (Å²) in [6, 6.07) is 15.2. The molecule has 5 nitrogen and oxygen atoms in total. The molecule has 0 saturated carbocycles. The van der Waals surface area contributed by atoms with Gasteiger partial charge in [-0.1, -0.05) is 41.9 Å². The van der Waals surface area contributed by atoms with Crippen molar-refractivity contribution in [2.75, 3.05) is 11.9 Å². The summed E-state index contributed by atoms with van der Waals surface area (Å²) in [6.45, 7) is 0.881. The van der Waals surface area contributed by atoms with Crippen molar-refractivity contribution >= 4 is 23.5 Å². The van der Waals surface area contributed by atoms with E-state index in [1.165, 1.54) is 18.3 Å². The average Bonchev–Trinajstić information content (AvgIpc) is 2.69. The van der Waals surface area contributed by atoms with Crippen LogP contribution in [0.25, 0.3) is 0 Å². The van der Waals surface area contributed by atoms with Crippen molar-refractivity contribution in [3.05, 3.63) is 88.5 Å². The fourth-order valence-electron chi connectivity index (χ4n) is 2.45. The van der Waals surface area contributed by atoms with Crippen LogP contribution in [-0.2, 0) is 13.0 Å². The van der Waals surface area contributed by atoms with Gasteiger partial charge in [0.25, 0.3) is 5.91 Å². The van der Waals surface area contributed by atoms with E-state index in [0.717, 1.165) is 11.1 Å². The molecule has 138 valence electrons. The van der Waals surface area contributed by atoms with Crippen LogP contribution in [0.2, 0.25) is 5.02 Å². The van der Waals surface area contributed by atoms with E-state index in [1.54, 1.807) is 24.3 Å². The summed E-state index contributed by atoms with van der Waals surface area (Å²) in [4.78, 5) is 20.6. The zero-order valence-electron chi connectivity index (χ0n) is 14.5. The third kappa shape index (κ3) is 5.49. The Bertz CT molecular complexity index is 918. The summed E-state index contributed by atoms with van der Waals surface area (Å²) >= 11 is 6.09. The Morgan fingerprint density at radius 3 is 2.63 bits per heavy atom. The van der Waals surface area contributed by atoms with E-state index in [9.17, 15) is 9.18 Å². The number of nitrogens with zero attached hydrogens (tertiary/aromatic N) is 2. The number of amides is 1. The molecule has 0 fully saturated rings. The lowest BCUT2D eigenvalue weighted by atomic mass is 10.1. The number of rotatable bonds is 7. The summed E-state index contributed by atoms with van der Waals surface area (Å²) in [5, 5.41) is 6.46. The highest BCUT2D eigenvalue weighted by atomic mass is 35.5. The fourth-order valence-corrected chi connectivity index (χ4v) is 2.65. The Labute approximate surface area is 161 Å². The Morgan fingerprint density at radius 1 is 1.07 bits per heavy atom. The maximum absolute atomic E-state index is 12.9. The van der Waals surface area contributed by atoms with Crippen LogP contribution >= 0.6 is 11.6 Å². The number of carbonyl (C=O) groups excluding carboxylic acids is 1. The van der Waals surface area contributed by atoms with Gasteiger partial charge >= 0.3 is 0 Å². The molecule has 0 aliphatic carbocycles. The molecule has 3 aromatic rings. The fraction of sp³-hybridized carbons (Fsp3) is 0.150. The zero-order chi connectivity index (χ0) is 19.1. The molecule has 27 heavy (non-hydrogen) atoms. The van der Waals surface area contributed by atoms with Crippen LogP contribution in [0.4, 0.5) is 10.3 Å². The first kappa shape index (κ1) is 18.8. The third-order valence-corrected chi connectivity index (χ3v) is 4.26. The molecule has 0 saturated heterocycles.